The van der Waals surface area contributed by atoms with E-state index in [1.54, 1.807) is 33.5 Å². The molecule has 2 atom stereocenters. The Morgan fingerprint density at radius 1 is 1.10 bits per heavy atom. The molecule has 20 heavy (non-hydrogen) atoms. The molecule has 110 valence electrons. The first-order valence-electron chi connectivity index (χ1n) is 6.56. The smallest absolute Gasteiger partial charge is 0.164 e. The monoisotopic (exact) mass is 278 g/mol. The number of benzene rings is 1. The molecule has 0 radical (unpaired) electrons. The minimum Gasteiger partial charge on any atom is -0.496 e. The van der Waals surface area contributed by atoms with E-state index in [9.17, 15) is 5.26 Å². The summed E-state index contributed by atoms with van der Waals surface area (Å²) in [4.78, 5) is 0. The molecule has 0 fully saturated rings. The molecule has 0 aromatic heterocycles. The summed E-state index contributed by atoms with van der Waals surface area (Å²) in [5.41, 5.74) is 0.743. The quantitative estimate of drug-likeness (QED) is 0.830. The number of nitriles is 1. The Hall–Kier alpha value is -1.93. The second-order valence-electron chi connectivity index (χ2n) is 4.49. The molecular weight excluding hydrogens is 256 g/mol. The number of rotatable bonds is 7. The molecule has 0 aliphatic heterocycles. The summed E-state index contributed by atoms with van der Waals surface area (Å²) in [6.07, 6.45) is 0.938. The van der Waals surface area contributed by atoms with Crippen molar-refractivity contribution in [1.29, 1.82) is 5.26 Å². The lowest BCUT2D eigenvalue weighted by Gasteiger charge is -2.20. The van der Waals surface area contributed by atoms with Gasteiger partial charge in [0.2, 0.25) is 0 Å². The van der Waals surface area contributed by atoms with Crippen LogP contribution in [0.4, 0.5) is 0 Å². The Morgan fingerprint density at radius 3 is 2.10 bits per heavy atom. The van der Waals surface area contributed by atoms with Gasteiger partial charge in [0, 0.05) is 17.7 Å². The van der Waals surface area contributed by atoms with Gasteiger partial charge in [0.05, 0.1) is 27.4 Å². The molecular formula is C15H22N2O3. The van der Waals surface area contributed by atoms with Gasteiger partial charge in [0.25, 0.3) is 0 Å². The van der Waals surface area contributed by atoms with Crippen LogP contribution in [-0.4, -0.2) is 27.4 Å². The summed E-state index contributed by atoms with van der Waals surface area (Å²) in [7, 11) is 4.70. The third-order valence-electron chi connectivity index (χ3n) is 3.24. The normalized spacial score (nSPS) is 13.2. The number of nitrogens with one attached hydrogen (secondary N) is 1. The first kappa shape index (κ1) is 16.1. The summed E-state index contributed by atoms with van der Waals surface area (Å²) in [6.45, 7) is 4.11. The third-order valence-corrected chi connectivity index (χ3v) is 3.24. The molecule has 1 rings (SSSR count). The number of ether oxygens (including phenoxy) is 3. The van der Waals surface area contributed by atoms with E-state index in [0.717, 1.165) is 12.0 Å². The van der Waals surface area contributed by atoms with Crippen LogP contribution in [0.1, 0.15) is 31.9 Å². The van der Waals surface area contributed by atoms with Crippen molar-refractivity contribution in [2.24, 2.45) is 0 Å². The van der Waals surface area contributed by atoms with Crippen molar-refractivity contribution in [3.8, 4) is 23.3 Å². The van der Waals surface area contributed by atoms with Crippen molar-refractivity contribution in [1.82, 2.24) is 5.32 Å². The van der Waals surface area contributed by atoms with Crippen LogP contribution >= 0.6 is 0 Å². The number of hydrogen-bond acceptors (Lipinski definition) is 5. The van der Waals surface area contributed by atoms with E-state index in [0.29, 0.717) is 17.2 Å². The van der Waals surface area contributed by atoms with Crippen LogP contribution in [0.3, 0.4) is 0 Å². The second-order valence-corrected chi connectivity index (χ2v) is 4.49. The predicted octanol–water partition coefficient (Wildman–Crippen LogP) is 2.67. The van der Waals surface area contributed by atoms with Crippen LogP contribution in [0.2, 0.25) is 0 Å². The molecule has 0 aliphatic carbocycles. The van der Waals surface area contributed by atoms with Crippen LogP contribution in [0.25, 0.3) is 0 Å². The van der Waals surface area contributed by atoms with Crippen molar-refractivity contribution < 1.29 is 14.2 Å². The van der Waals surface area contributed by atoms with Crippen LogP contribution < -0.4 is 19.5 Å². The lowest BCUT2D eigenvalue weighted by atomic mass is 10.0. The van der Waals surface area contributed by atoms with E-state index in [-0.39, 0.29) is 6.04 Å². The minimum atomic E-state index is -0.459. The molecule has 5 heteroatoms. The lowest BCUT2D eigenvalue weighted by Crippen LogP contribution is -2.29. The van der Waals surface area contributed by atoms with E-state index in [1.807, 2.05) is 6.92 Å². The summed E-state index contributed by atoms with van der Waals surface area (Å²) in [5, 5.41) is 12.7. The first-order valence-corrected chi connectivity index (χ1v) is 6.56. The molecule has 5 nitrogen and oxygen atoms in total. The number of methoxy groups -OCH3 is 3. The molecule has 0 saturated carbocycles. The molecule has 0 spiro atoms. The molecule has 1 N–H and O–H groups in total. The lowest BCUT2D eigenvalue weighted by molar-refractivity contribution is 0.345. The fourth-order valence-electron chi connectivity index (χ4n) is 1.88. The molecule has 2 unspecified atom stereocenters. The zero-order valence-electron chi connectivity index (χ0n) is 12.7. The second kappa shape index (κ2) is 7.61. The molecule has 0 aliphatic rings. The van der Waals surface area contributed by atoms with Gasteiger partial charge in [-0.2, -0.15) is 5.26 Å². The van der Waals surface area contributed by atoms with E-state index in [1.165, 1.54) is 0 Å². The van der Waals surface area contributed by atoms with Crippen molar-refractivity contribution >= 4 is 0 Å². The van der Waals surface area contributed by atoms with E-state index in [2.05, 4.69) is 18.3 Å². The van der Waals surface area contributed by atoms with Crippen LogP contribution in [0.15, 0.2) is 12.1 Å². The van der Waals surface area contributed by atoms with Gasteiger partial charge in [0.15, 0.2) is 11.5 Å². The van der Waals surface area contributed by atoms with Gasteiger partial charge in [-0.25, -0.2) is 0 Å². The zero-order valence-corrected chi connectivity index (χ0v) is 12.7. The maximum atomic E-state index is 9.39. The molecule has 1 aromatic rings. The van der Waals surface area contributed by atoms with Gasteiger partial charge in [-0.1, -0.05) is 6.92 Å². The first-order chi connectivity index (χ1) is 9.60. The largest absolute Gasteiger partial charge is 0.496 e. The van der Waals surface area contributed by atoms with Crippen LogP contribution in [0, 0.1) is 11.3 Å². The highest BCUT2D eigenvalue weighted by Gasteiger charge is 2.20. The average Bonchev–Trinajstić information content (AvgIpc) is 2.50. The Bertz CT molecular complexity index is 483. The maximum Gasteiger partial charge on any atom is 0.164 e. The summed E-state index contributed by atoms with van der Waals surface area (Å²) < 4.78 is 15.9. The maximum absolute atomic E-state index is 9.39. The van der Waals surface area contributed by atoms with Gasteiger partial charge in [-0.3, -0.25) is 5.32 Å². The predicted molar refractivity (Wildman–Crippen MR) is 77.3 cm³/mol. The van der Waals surface area contributed by atoms with Crippen LogP contribution in [0.5, 0.6) is 17.2 Å². The average molecular weight is 278 g/mol. The summed E-state index contributed by atoms with van der Waals surface area (Å²) in [5.74, 6) is 1.76. The van der Waals surface area contributed by atoms with Gasteiger partial charge >= 0.3 is 0 Å². The number of hydrogen-bond donors (Lipinski definition) is 1. The molecule has 0 amide bonds. The zero-order chi connectivity index (χ0) is 15.1. The highest BCUT2D eigenvalue weighted by atomic mass is 16.5. The van der Waals surface area contributed by atoms with E-state index in [4.69, 9.17) is 14.2 Å². The van der Waals surface area contributed by atoms with Crippen molar-refractivity contribution in [2.75, 3.05) is 21.3 Å². The van der Waals surface area contributed by atoms with Crippen LogP contribution in [-0.2, 0) is 0 Å². The molecule has 0 bridgehead atoms. The van der Waals surface area contributed by atoms with Gasteiger partial charge < -0.3 is 14.2 Å². The Morgan fingerprint density at radius 2 is 1.65 bits per heavy atom. The van der Waals surface area contributed by atoms with Gasteiger partial charge in [0.1, 0.15) is 11.8 Å². The molecule has 1 aromatic carbocycles. The standard InChI is InChI=1S/C15H22N2O3/c1-6-10(2)17-12(9-16)11-7-14(19-4)15(20-5)8-13(11)18-3/h7-8,10,12,17H,6H2,1-5H3. The van der Waals surface area contributed by atoms with Crippen molar-refractivity contribution in [3.05, 3.63) is 17.7 Å². The Kier molecular flexibility index (Phi) is 6.13. The molecule has 0 saturated heterocycles. The van der Waals surface area contributed by atoms with Crippen molar-refractivity contribution in [2.45, 2.75) is 32.4 Å². The molecule has 0 heterocycles. The summed E-state index contributed by atoms with van der Waals surface area (Å²) in [6, 6.07) is 5.55. The van der Waals surface area contributed by atoms with Gasteiger partial charge in [-0.15, -0.1) is 0 Å². The summed E-state index contributed by atoms with van der Waals surface area (Å²) >= 11 is 0. The number of nitrogens with zero attached hydrogens (tertiary/aromatic N) is 1. The fourth-order valence-corrected chi connectivity index (χ4v) is 1.88. The van der Waals surface area contributed by atoms with Gasteiger partial charge in [-0.05, 0) is 19.4 Å². The topological polar surface area (TPSA) is 63.5 Å². The Balaban J connectivity index is 3.23. The fraction of sp³-hybridized carbons (Fsp3) is 0.533. The Labute approximate surface area is 120 Å². The minimum absolute atomic E-state index is 0.234. The SMILES string of the molecule is CCC(C)NC(C#N)c1cc(OC)c(OC)cc1OC. The van der Waals surface area contributed by atoms with Crippen molar-refractivity contribution in [3.63, 3.8) is 0 Å². The van der Waals surface area contributed by atoms with E-state index < -0.39 is 6.04 Å². The highest BCUT2D eigenvalue weighted by Crippen LogP contribution is 2.37. The van der Waals surface area contributed by atoms with E-state index >= 15 is 0 Å². The highest BCUT2D eigenvalue weighted by molar-refractivity contribution is 5.52. The third kappa shape index (κ3) is 3.55.